The third kappa shape index (κ3) is 2.36. The molecule has 3 aromatic rings. The molecular formula is C16H13NO3. The molecule has 100 valence electrons. The van der Waals surface area contributed by atoms with E-state index in [-0.39, 0.29) is 5.75 Å². The fourth-order valence-electron chi connectivity index (χ4n) is 1.93. The lowest BCUT2D eigenvalue weighted by Crippen LogP contribution is -1.79. The molecule has 0 saturated heterocycles. The largest absolute Gasteiger partial charge is 0.506 e. The Hall–Kier alpha value is -2.75. The van der Waals surface area contributed by atoms with Gasteiger partial charge in [-0.15, -0.1) is 0 Å². The summed E-state index contributed by atoms with van der Waals surface area (Å²) in [5.41, 5.74) is 1.24. The molecule has 2 aromatic carbocycles. The smallest absolute Gasteiger partial charge is 0.146 e. The molecule has 0 radical (unpaired) electrons. The first-order valence-electron chi connectivity index (χ1n) is 6.16. The number of para-hydroxylation sites is 2. The molecule has 1 aromatic heterocycles. The van der Waals surface area contributed by atoms with Crippen LogP contribution < -0.4 is 4.74 Å². The highest BCUT2D eigenvalue weighted by Gasteiger charge is 2.03. The van der Waals surface area contributed by atoms with Gasteiger partial charge in [-0.2, -0.15) is 0 Å². The van der Waals surface area contributed by atoms with Gasteiger partial charge in [0, 0.05) is 11.5 Å². The van der Waals surface area contributed by atoms with Gasteiger partial charge in [0.2, 0.25) is 0 Å². The van der Waals surface area contributed by atoms with Gasteiger partial charge in [0.05, 0.1) is 13.3 Å². The Balaban J connectivity index is 1.93. The summed E-state index contributed by atoms with van der Waals surface area (Å²) in [4.78, 5) is 4.21. The summed E-state index contributed by atoms with van der Waals surface area (Å²) in [5, 5.41) is 10.6. The van der Waals surface area contributed by atoms with Crippen molar-refractivity contribution in [3.8, 4) is 11.5 Å². The standard InChI is InChI=1S/C16H13NO3/c1-19-12-7-6-11-8-13(20-16(11)9-12)10-17-14-4-2-3-5-15(14)18/h2-10,18H,1H3. The molecule has 4 heteroatoms. The number of methoxy groups -OCH3 is 1. The number of ether oxygens (including phenoxy) is 1. The molecule has 0 aliphatic carbocycles. The molecule has 0 atom stereocenters. The number of phenolic OH excluding ortho intramolecular Hbond substituents is 1. The maximum absolute atomic E-state index is 9.64. The van der Waals surface area contributed by atoms with Crippen LogP contribution in [0.25, 0.3) is 11.0 Å². The molecule has 0 spiro atoms. The molecule has 0 aliphatic heterocycles. The average molecular weight is 267 g/mol. The molecular weight excluding hydrogens is 254 g/mol. The minimum atomic E-state index is 0.140. The number of aliphatic imine (C=N–C) groups is 1. The highest BCUT2D eigenvalue weighted by Crippen LogP contribution is 2.26. The van der Waals surface area contributed by atoms with E-state index < -0.39 is 0 Å². The first-order chi connectivity index (χ1) is 9.76. The summed E-state index contributed by atoms with van der Waals surface area (Å²) >= 11 is 0. The zero-order valence-electron chi connectivity index (χ0n) is 10.9. The zero-order valence-corrected chi connectivity index (χ0v) is 10.9. The van der Waals surface area contributed by atoms with Crippen LogP contribution >= 0.6 is 0 Å². The Morgan fingerprint density at radius 2 is 2.00 bits per heavy atom. The lowest BCUT2D eigenvalue weighted by Gasteiger charge is -1.96. The molecule has 20 heavy (non-hydrogen) atoms. The Morgan fingerprint density at radius 1 is 1.15 bits per heavy atom. The Morgan fingerprint density at radius 3 is 2.80 bits per heavy atom. The maximum Gasteiger partial charge on any atom is 0.146 e. The number of hydrogen-bond donors (Lipinski definition) is 1. The van der Waals surface area contributed by atoms with Crippen LogP contribution in [0, 0.1) is 0 Å². The van der Waals surface area contributed by atoms with E-state index in [1.165, 1.54) is 0 Å². The normalized spacial score (nSPS) is 11.2. The zero-order chi connectivity index (χ0) is 13.9. The number of phenols is 1. The molecule has 4 nitrogen and oxygen atoms in total. The Kier molecular flexibility index (Phi) is 3.13. The van der Waals surface area contributed by atoms with Gasteiger partial charge in [-0.3, -0.25) is 0 Å². The van der Waals surface area contributed by atoms with Crippen molar-refractivity contribution >= 4 is 22.9 Å². The molecule has 0 unspecified atom stereocenters. The molecule has 0 fully saturated rings. The monoisotopic (exact) mass is 267 g/mol. The van der Waals surface area contributed by atoms with Crippen molar-refractivity contribution in [1.82, 2.24) is 0 Å². The summed E-state index contributed by atoms with van der Waals surface area (Å²) in [6, 6.07) is 14.4. The fraction of sp³-hybridized carbons (Fsp3) is 0.0625. The van der Waals surface area contributed by atoms with Crippen LogP contribution in [0.15, 0.2) is 57.9 Å². The van der Waals surface area contributed by atoms with Gasteiger partial charge in [0.25, 0.3) is 0 Å². The van der Waals surface area contributed by atoms with Gasteiger partial charge in [-0.1, -0.05) is 12.1 Å². The lowest BCUT2D eigenvalue weighted by atomic mass is 10.2. The average Bonchev–Trinajstić information content (AvgIpc) is 2.88. The van der Waals surface area contributed by atoms with Gasteiger partial charge in [0.1, 0.15) is 28.5 Å². The van der Waals surface area contributed by atoms with E-state index in [1.807, 2.05) is 30.3 Å². The third-order valence-corrected chi connectivity index (χ3v) is 2.96. The van der Waals surface area contributed by atoms with E-state index in [0.29, 0.717) is 11.4 Å². The van der Waals surface area contributed by atoms with Crippen LogP contribution in [0.5, 0.6) is 11.5 Å². The van der Waals surface area contributed by atoms with Crippen LogP contribution in [0.3, 0.4) is 0 Å². The van der Waals surface area contributed by atoms with Crippen molar-refractivity contribution in [2.75, 3.05) is 7.11 Å². The van der Waals surface area contributed by atoms with E-state index >= 15 is 0 Å². The van der Waals surface area contributed by atoms with Crippen molar-refractivity contribution in [1.29, 1.82) is 0 Å². The van der Waals surface area contributed by atoms with Crippen molar-refractivity contribution < 1.29 is 14.3 Å². The van der Waals surface area contributed by atoms with Gasteiger partial charge in [-0.25, -0.2) is 4.99 Å². The second-order valence-corrected chi connectivity index (χ2v) is 4.30. The van der Waals surface area contributed by atoms with E-state index in [9.17, 15) is 5.11 Å². The minimum absolute atomic E-state index is 0.140. The van der Waals surface area contributed by atoms with Gasteiger partial charge in [0.15, 0.2) is 0 Å². The van der Waals surface area contributed by atoms with E-state index in [1.54, 1.807) is 31.5 Å². The first-order valence-corrected chi connectivity index (χ1v) is 6.16. The van der Waals surface area contributed by atoms with Crippen molar-refractivity contribution in [3.05, 3.63) is 54.3 Å². The second kappa shape index (κ2) is 5.09. The van der Waals surface area contributed by atoms with Crippen LogP contribution in [-0.2, 0) is 0 Å². The van der Waals surface area contributed by atoms with E-state index in [4.69, 9.17) is 9.15 Å². The van der Waals surface area contributed by atoms with E-state index in [0.717, 1.165) is 16.7 Å². The Bertz CT molecular complexity index is 774. The topological polar surface area (TPSA) is 55.0 Å². The molecule has 0 saturated carbocycles. The second-order valence-electron chi connectivity index (χ2n) is 4.30. The van der Waals surface area contributed by atoms with Crippen LogP contribution in [0.4, 0.5) is 5.69 Å². The fourth-order valence-corrected chi connectivity index (χ4v) is 1.93. The molecule has 0 bridgehead atoms. The van der Waals surface area contributed by atoms with Crippen molar-refractivity contribution in [2.45, 2.75) is 0 Å². The van der Waals surface area contributed by atoms with Gasteiger partial charge < -0.3 is 14.3 Å². The number of rotatable bonds is 3. The van der Waals surface area contributed by atoms with Crippen molar-refractivity contribution in [3.63, 3.8) is 0 Å². The minimum Gasteiger partial charge on any atom is -0.506 e. The highest BCUT2D eigenvalue weighted by molar-refractivity contribution is 5.88. The lowest BCUT2D eigenvalue weighted by molar-refractivity contribution is 0.414. The number of furan rings is 1. The van der Waals surface area contributed by atoms with Crippen molar-refractivity contribution in [2.24, 2.45) is 4.99 Å². The third-order valence-electron chi connectivity index (χ3n) is 2.96. The van der Waals surface area contributed by atoms with E-state index in [2.05, 4.69) is 4.99 Å². The molecule has 1 N–H and O–H groups in total. The summed E-state index contributed by atoms with van der Waals surface area (Å²) in [6.45, 7) is 0. The number of hydrogen-bond acceptors (Lipinski definition) is 4. The predicted molar refractivity (Wildman–Crippen MR) is 78.1 cm³/mol. The number of benzene rings is 2. The molecule has 0 amide bonds. The number of aromatic hydroxyl groups is 1. The molecule has 0 aliphatic rings. The summed E-state index contributed by atoms with van der Waals surface area (Å²) in [6.07, 6.45) is 1.58. The highest BCUT2D eigenvalue weighted by atomic mass is 16.5. The van der Waals surface area contributed by atoms with Gasteiger partial charge >= 0.3 is 0 Å². The SMILES string of the molecule is COc1ccc2cc(C=Nc3ccccc3O)oc2c1. The number of fused-ring (bicyclic) bond motifs is 1. The number of nitrogens with zero attached hydrogens (tertiary/aromatic N) is 1. The van der Waals surface area contributed by atoms with Gasteiger partial charge in [-0.05, 0) is 30.3 Å². The summed E-state index contributed by atoms with van der Waals surface area (Å²) in [5.74, 6) is 1.51. The molecule has 1 heterocycles. The predicted octanol–water partition coefficient (Wildman–Crippen LogP) is 3.90. The van der Waals surface area contributed by atoms with Crippen LogP contribution in [0.2, 0.25) is 0 Å². The summed E-state index contributed by atoms with van der Waals surface area (Å²) in [7, 11) is 1.62. The summed E-state index contributed by atoms with van der Waals surface area (Å²) < 4.78 is 10.8. The maximum atomic E-state index is 9.64. The quantitative estimate of drug-likeness (QED) is 0.732. The Labute approximate surface area is 115 Å². The molecule has 3 rings (SSSR count). The first kappa shape index (κ1) is 12.3. The van der Waals surface area contributed by atoms with Crippen LogP contribution in [-0.4, -0.2) is 18.4 Å². The van der Waals surface area contributed by atoms with Crippen LogP contribution in [0.1, 0.15) is 5.76 Å².